The summed E-state index contributed by atoms with van der Waals surface area (Å²) in [4.78, 5) is 2.55. The minimum Gasteiger partial charge on any atom is -0.377 e. The first-order valence-electron chi connectivity index (χ1n) is 7.29. The average Bonchev–Trinajstić information content (AvgIpc) is 2.30. The first-order chi connectivity index (χ1) is 8.22. The smallest absolute Gasteiger partial charge is 0.0596 e. The number of rotatable bonds is 8. The van der Waals surface area contributed by atoms with Crippen LogP contribution in [0.2, 0.25) is 0 Å². The molecule has 0 radical (unpaired) electrons. The maximum Gasteiger partial charge on any atom is 0.0596 e. The highest BCUT2D eigenvalue weighted by atomic mass is 16.5. The van der Waals surface area contributed by atoms with Crippen LogP contribution in [0.3, 0.4) is 0 Å². The molecular weight excluding hydrogens is 212 g/mol. The standard InChI is InChI=1S/C14H30N2O/c1-4-9-16(10-11-17-13(2)3)12-14-7-5-6-8-15-14/h13-15H,4-12H2,1-3H3. The summed E-state index contributed by atoms with van der Waals surface area (Å²) in [6.07, 6.45) is 5.66. The van der Waals surface area contributed by atoms with Crippen molar-refractivity contribution in [2.45, 2.75) is 58.6 Å². The van der Waals surface area contributed by atoms with E-state index in [4.69, 9.17) is 4.74 Å². The summed E-state index contributed by atoms with van der Waals surface area (Å²) in [6.45, 7) is 12.0. The molecule has 0 bridgehead atoms. The SMILES string of the molecule is CCCN(CCOC(C)C)CC1CCCCN1. The first kappa shape index (κ1) is 14.9. The average molecular weight is 242 g/mol. The van der Waals surface area contributed by atoms with Gasteiger partial charge in [-0.05, 0) is 46.2 Å². The van der Waals surface area contributed by atoms with Gasteiger partial charge in [0, 0.05) is 19.1 Å². The molecule has 0 aliphatic carbocycles. The number of ether oxygens (including phenoxy) is 1. The second-order valence-corrected chi connectivity index (χ2v) is 5.37. The lowest BCUT2D eigenvalue weighted by Gasteiger charge is -2.30. The molecule has 0 spiro atoms. The molecule has 1 aliphatic heterocycles. The number of piperidine rings is 1. The summed E-state index contributed by atoms with van der Waals surface area (Å²) in [7, 11) is 0. The molecule has 1 N–H and O–H groups in total. The van der Waals surface area contributed by atoms with Crippen LogP contribution in [0.25, 0.3) is 0 Å². The highest BCUT2D eigenvalue weighted by Crippen LogP contribution is 2.08. The molecule has 3 nitrogen and oxygen atoms in total. The lowest BCUT2D eigenvalue weighted by Crippen LogP contribution is -2.44. The molecule has 0 aromatic carbocycles. The van der Waals surface area contributed by atoms with E-state index >= 15 is 0 Å². The van der Waals surface area contributed by atoms with Crippen molar-refractivity contribution in [2.75, 3.05) is 32.8 Å². The van der Waals surface area contributed by atoms with E-state index in [0.29, 0.717) is 12.1 Å². The van der Waals surface area contributed by atoms with E-state index < -0.39 is 0 Å². The summed E-state index contributed by atoms with van der Waals surface area (Å²) >= 11 is 0. The van der Waals surface area contributed by atoms with E-state index in [1.54, 1.807) is 0 Å². The van der Waals surface area contributed by atoms with Crippen molar-refractivity contribution < 1.29 is 4.74 Å². The molecule has 1 saturated heterocycles. The van der Waals surface area contributed by atoms with Crippen LogP contribution >= 0.6 is 0 Å². The van der Waals surface area contributed by atoms with E-state index in [1.807, 2.05) is 0 Å². The molecule has 0 aromatic rings. The van der Waals surface area contributed by atoms with Gasteiger partial charge >= 0.3 is 0 Å². The number of nitrogens with one attached hydrogen (secondary N) is 1. The normalized spacial score (nSPS) is 21.4. The summed E-state index contributed by atoms with van der Waals surface area (Å²) in [5.41, 5.74) is 0. The predicted octanol–water partition coefficient (Wildman–Crippen LogP) is 2.27. The van der Waals surface area contributed by atoms with Crippen molar-refractivity contribution in [3.63, 3.8) is 0 Å². The summed E-state index contributed by atoms with van der Waals surface area (Å²) in [5.74, 6) is 0. The highest BCUT2D eigenvalue weighted by Gasteiger charge is 2.16. The van der Waals surface area contributed by atoms with Gasteiger partial charge in [0.2, 0.25) is 0 Å². The van der Waals surface area contributed by atoms with Gasteiger partial charge in [-0.25, -0.2) is 0 Å². The lowest BCUT2D eigenvalue weighted by molar-refractivity contribution is 0.0562. The zero-order valence-corrected chi connectivity index (χ0v) is 11.9. The highest BCUT2D eigenvalue weighted by molar-refractivity contribution is 4.76. The zero-order valence-electron chi connectivity index (χ0n) is 11.9. The minimum absolute atomic E-state index is 0.353. The van der Waals surface area contributed by atoms with Crippen LogP contribution in [0.5, 0.6) is 0 Å². The van der Waals surface area contributed by atoms with Crippen LogP contribution in [0.4, 0.5) is 0 Å². The molecule has 1 rings (SSSR count). The second kappa shape index (κ2) is 8.90. The van der Waals surface area contributed by atoms with E-state index in [1.165, 1.54) is 45.3 Å². The molecule has 1 unspecified atom stereocenters. The third-order valence-corrected chi connectivity index (χ3v) is 3.29. The monoisotopic (exact) mass is 242 g/mol. The van der Waals surface area contributed by atoms with Crippen molar-refractivity contribution in [2.24, 2.45) is 0 Å². The van der Waals surface area contributed by atoms with Gasteiger partial charge in [0.25, 0.3) is 0 Å². The first-order valence-corrected chi connectivity index (χ1v) is 7.29. The summed E-state index contributed by atoms with van der Waals surface area (Å²) in [6, 6.07) is 0.703. The van der Waals surface area contributed by atoms with Gasteiger partial charge in [0.1, 0.15) is 0 Å². The lowest BCUT2D eigenvalue weighted by atomic mass is 10.0. The largest absolute Gasteiger partial charge is 0.377 e. The van der Waals surface area contributed by atoms with Gasteiger partial charge in [-0.15, -0.1) is 0 Å². The summed E-state index contributed by atoms with van der Waals surface area (Å²) in [5, 5.41) is 3.62. The van der Waals surface area contributed by atoms with Gasteiger partial charge in [-0.1, -0.05) is 13.3 Å². The maximum absolute atomic E-state index is 5.65. The molecule has 1 atom stereocenters. The molecule has 3 heteroatoms. The Balaban J connectivity index is 2.21. The van der Waals surface area contributed by atoms with Crippen LogP contribution < -0.4 is 5.32 Å². The number of nitrogens with zero attached hydrogens (tertiary/aromatic N) is 1. The van der Waals surface area contributed by atoms with Gasteiger partial charge in [0.05, 0.1) is 12.7 Å². The minimum atomic E-state index is 0.353. The topological polar surface area (TPSA) is 24.5 Å². The van der Waals surface area contributed by atoms with Crippen molar-refractivity contribution in [1.82, 2.24) is 10.2 Å². The van der Waals surface area contributed by atoms with Crippen LogP contribution in [-0.2, 0) is 4.74 Å². The zero-order chi connectivity index (χ0) is 12.5. The maximum atomic E-state index is 5.65. The predicted molar refractivity (Wildman–Crippen MR) is 73.5 cm³/mol. The van der Waals surface area contributed by atoms with E-state index in [-0.39, 0.29) is 0 Å². The van der Waals surface area contributed by atoms with Gasteiger partial charge in [-0.3, -0.25) is 4.90 Å². The van der Waals surface area contributed by atoms with Gasteiger partial charge in [-0.2, -0.15) is 0 Å². The fourth-order valence-corrected chi connectivity index (χ4v) is 2.42. The Morgan fingerprint density at radius 1 is 1.29 bits per heavy atom. The Morgan fingerprint density at radius 3 is 2.71 bits per heavy atom. The van der Waals surface area contributed by atoms with Crippen molar-refractivity contribution in [3.05, 3.63) is 0 Å². The Bertz CT molecular complexity index is 179. The molecule has 0 saturated carbocycles. The van der Waals surface area contributed by atoms with Crippen molar-refractivity contribution in [3.8, 4) is 0 Å². The molecule has 1 aliphatic rings. The van der Waals surface area contributed by atoms with Crippen LogP contribution in [0.1, 0.15) is 46.5 Å². The second-order valence-electron chi connectivity index (χ2n) is 5.37. The van der Waals surface area contributed by atoms with Crippen LogP contribution in [0.15, 0.2) is 0 Å². The van der Waals surface area contributed by atoms with E-state index in [0.717, 1.165) is 13.2 Å². The molecule has 0 amide bonds. The van der Waals surface area contributed by atoms with E-state index in [2.05, 4.69) is 31.0 Å². The molecule has 102 valence electrons. The number of hydrogen-bond acceptors (Lipinski definition) is 3. The third kappa shape index (κ3) is 7.02. The summed E-state index contributed by atoms with van der Waals surface area (Å²) < 4.78 is 5.65. The van der Waals surface area contributed by atoms with Crippen molar-refractivity contribution in [1.29, 1.82) is 0 Å². The van der Waals surface area contributed by atoms with Gasteiger partial charge < -0.3 is 10.1 Å². The molecule has 1 heterocycles. The fraction of sp³-hybridized carbons (Fsp3) is 1.00. The Morgan fingerprint density at radius 2 is 2.12 bits per heavy atom. The van der Waals surface area contributed by atoms with Gasteiger partial charge in [0.15, 0.2) is 0 Å². The van der Waals surface area contributed by atoms with Crippen LogP contribution in [-0.4, -0.2) is 49.8 Å². The Hall–Kier alpha value is -0.120. The molecule has 17 heavy (non-hydrogen) atoms. The third-order valence-electron chi connectivity index (χ3n) is 3.29. The fourth-order valence-electron chi connectivity index (χ4n) is 2.42. The van der Waals surface area contributed by atoms with E-state index in [9.17, 15) is 0 Å². The number of hydrogen-bond donors (Lipinski definition) is 1. The molecular formula is C14H30N2O. The quantitative estimate of drug-likeness (QED) is 0.706. The molecule has 1 fully saturated rings. The Labute approximate surface area is 107 Å². The Kier molecular flexibility index (Phi) is 7.82. The molecule has 0 aromatic heterocycles. The van der Waals surface area contributed by atoms with Crippen LogP contribution in [0, 0.1) is 0 Å². The van der Waals surface area contributed by atoms with Crippen molar-refractivity contribution >= 4 is 0 Å².